The van der Waals surface area contributed by atoms with Crippen LogP contribution in [0.3, 0.4) is 0 Å². The quantitative estimate of drug-likeness (QED) is 0.192. The molecule has 0 saturated carbocycles. The number of benzene rings is 8. The molecule has 0 amide bonds. The normalized spacial score (nSPS) is 13.0. The van der Waals surface area contributed by atoms with Crippen LogP contribution < -0.4 is 0 Å². The van der Waals surface area contributed by atoms with Crippen molar-refractivity contribution in [3.63, 3.8) is 0 Å². The number of hydrogen-bond acceptors (Lipinski definition) is 2. The Balaban J connectivity index is 1.09. The molecule has 0 atom stereocenters. The molecule has 234 valence electrons. The van der Waals surface area contributed by atoms with Crippen LogP contribution in [-0.4, -0.2) is 0 Å². The van der Waals surface area contributed by atoms with Gasteiger partial charge in [-0.05, 0) is 121 Å². The van der Waals surface area contributed by atoms with Crippen LogP contribution >= 0.6 is 0 Å². The summed E-state index contributed by atoms with van der Waals surface area (Å²) in [5.74, 6) is 0. The smallest absolute Gasteiger partial charge is 0.178 e. The third-order valence-corrected chi connectivity index (χ3v) is 10.7. The predicted molar refractivity (Wildman–Crippen MR) is 210 cm³/mol. The first-order valence-corrected chi connectivity index (χ1v) is 17.4. The lowest BCUT2D eigenvalue weighted by molar-refractivity contribution is 0.633. The van der Waals surface area contributed by atoms with Gasteiger partial charge in [-0.25, -0.2) is 0 Å². The second-order valence-electron chi connectivity index (χ2n) is 13.5. The second-order valence-corrected chi connectivity index (χ2v) is 13.5. The van der Waals surface area contributed by atoms with Crippen LogP contribution in [0.25, 0.3) is 105 Å². The molecular weight excluding hydrogens is 609 g/mol. The standard InChI is InChI=1S/C48H30O2/c1-2-11-30-26-34(21-20-29(30)10-1)46-38-17-5-3-15-36(38)45(37-16-4-6-18-39(37)46)33-13-9-12-31(27-33)32-22-25-44-42(28-32)41-24-23-40-35-14-7-8-19-43(35)49-47(40)48(41)50-44/h1-3,5-15,17-28H,4,16H2. The Morgan fingerprint density at radius 3 is 1.90 bits per heavy atom. The fraction of sp³-hybridized carbons (Fsp3) is 0.0417. The molecule has 1 aliphatic carbocycles. The zero-order valence-electron chi connectivity index (χ0n) is 27.2. The molecular formula is C48H30O2. The van der Waals surface area contributed by atoms with E-state index in [2.05, 4.69) is 146 Å². The van der Waals surface area contributed by atoms with Crippen LogP contribution in [-0.2, 0) is 6.42 Å². The van der Waals surface area contributed by atoms with Crippen molar-refractivity contribution >= 4 is 71.5 Å². The summed E-state index contributed by atoms with van der Waals surface area (Å²) in [6, 6.07) is 52.7. The Labute approximate surface area is 288 Å². The van der Waals surface area contributed by atoms with Crippen molar-refractivity contribution in [2.75, 3.05) is 0 Å². The lowest BCUT2D eigenvalue weighted by atomic mass is 9.80. The van der Waals surface area contributed by atoms with E-state index in [1.165, 1.54) is 60.5 Å². The summed E-state index contributed by atoms with van der Waals surface area (Å²) >= 11 is 0. The summed E-state index contributed by atoms with van der Waals surface area (Å²) in [4.78, 5) is 0. The maximum Gasteiger partial charge on any atom is 0.178 e. The predicted octanol–water partition coefficient (Wildman–Crippen LogP) is 13.8. The molecule has 0 spiro atoms. The number of fused-ring (bicyclic) bond motifs is 10. The second kappa shape index (κ2) is 10.6. The van der Waals surface area contributed by atoms with Crippen molar-refractivity contribution in [3.05, 3.63) is 163 Å². The fourth-order valence-corrected chi connectivity index (χ4v) is 8.42. The zero-order chi connectivity index (χ0) is 32.8. The average Bonchev–Trinajstić information content (AvgIpc) is 3.75. The molecule has 0 unspecified atom stereocenters. The van der Waals surface area contributed by atoms with E-state index in [4.69, 9.17) is 8.83 Å². The van der Waals surface area contributed by atoms with Crippen LogP contribution in [0.4, 0.5) is 0 Å². The molecule has 0 bridgehead atoms. The first-order chi connectivity index (χ1) is 24.8. The minimum absolute atomic E-state index is 0.803. The van der Waals surface area contributed by atoms with E-state index >= 15 is 0 Å². The number of rotatable bonds is 3. The Hall–Kier alpha value is -6.38. The van der Waals surface area contributed by atoms with Crippen molar-refractivity contribution in [3.8, 4) is 33.4 Å². The van der Waals surface area contributed by atoms with Gasteiger partial charge in [-0.2, -0.15) is 0 Å². The van der Waals surface area contributed by atoms with Crippen LogP contribution in [0.5, 0.6) is 0 Å². The van der Waals surface area contributed by atoms with Gasteiger partial charge in [0.2, 0.25) is 0 Å². The molecule has 0 saturated heterocycles. The largest absolute Gasteiger partial charge is 0.452 e. The maximum absolute atomic E-state index is 6.46. The Bertz CT molecular complexity index is 3040. The van der Waals surface area contributed by atoms with Crippen molar-refractivity contribution in [2.24, 2.45) is 0 Å². The lowest BCUT2D eigenvalue weighted by Crippen LogP contribution is -2.02. The van der Waals surface area contributed by atoms with Crippen LogP contribution in [0, 0.1) is 0 Å². The number of allylic oxidation sites excluding steroid dienone is 1. The van der Waals surface area contributed by atoms with Gasteiger partial charge in [-0.15, -0.1) is 0 Å². The monoisotopic (exact) mass is 638 g/mol. The van der Waals surface area contributed by atoms with E-state index in [-0.39, 0.29) is 0 Å². The van der Waals surface area contributed by atoms with E-state index in [1.807, 2.05) is 12.1 Å². The van der Waals surface area contributed by atoms with Gasteiger partial charge >= 0.3 is 0 Å². The molecule has 50 heavy (non-hydrogen) atoms. The molecule has 2 nitrogen and oxygen atoms in total. The van der Waals surface area contributed by atoms with E-state index in [0.717, 1.165) is 62.3 Å². The minimum atomic E-state index is 0.803. The van der Waals surface area contributed by atoms with Crippen molar-refractivity contribution in [1.82, 2.24) is 0 Å². The van der Waals surface area contributed by atoms with Gasteiger partial charge in [0, 0.05) is 21.5 Å². The lowest BCUT2D eigenvalue weighted by Gasteiger charge is -2.24. The van der Waals surface area contributed by atoms with E-state index < -0.39 is 0 Å². The highest BCUT2D eigenvalue weighted by molar-refractivity contribution is 6.19. The van der Waals surface area contributed by atoms with E-state index in [0.29, 0.717) is 0 Å². The molecule has 0 N–H and O–H groups in total. The SMILES string of the molecule is C1=Cc2c(c(-c3cccc(-c4ccc5oc6c(ccc7c8ccccc8oc76)c5c4)c3)c3ccccc3c2-c2ccc3ccccc3c2)CC1. The first-order valence-electron chi connectivity index (χ1n) is 17.4. The van der Waals surface area contributed by atoms with Crippen molar-refractivity contribution in [2.45, 2.75) is 12.8 Å². The van der Waals surface area contributed by atoms with Crippen LogP contribution in [0.1, 0.15) is 17.5 Å². The molecule has 8 aromatic carbocycles. The van der Waals surface area contributed by atoms with Crippen LogP contribution in [0.2, 0.25) is 0 Å². The zero-order valence-corrected chi connectivity index (χ0v) is 27.2. The summed E-state index contributed by atoms with van der Waals surface area (Å²) in [6.45, 7) is 0. The van der Waals surface area contributed by atoms with Crippen molar-refractivity contribution < 1.29 is 8.83 Å². The van der Waals surface area contributed by atoms with Gasteiger partial charge in [0.05, 0.1) is 0 Å². The van der Waals surface area contributed by atoms with Gasteiger partial charge in [0.1, 0.15) is 11.2 Å². The molecule has 0 fully saturated rings. The van der Waals surface area contributed by atoms with E-state index in [1.54, 1.807) is 0 Å². The molecule has 0 radical (unpaired) electrons. The highest BCUT2D eigenvalue weighted by Gasteiger charge is 2.22. The summed E-state index contributed by atoms with van der Waals surface area (Å²) in [5, 5.41) is 9.48. The first kappa shape index (κ1) is 27.6. The highest BCUT2D eigenvalue weighted by atomic mass is 16.4. The van der Waals surface area contributed by atoms with E-state index in [9.17, 15) is 0 Å². The molecule has 2 heteroatoms. The Morgan fingerprint density at radius 1 is 0.400 bits per heavy atom. The molecule has 10 aromatic rings. The topological polar surface area (TPSA) is 26.3 Å². The third kappa shape index (κ3) is 4.02. The molecule has 11 rings (SSSR count). The summed E-state index contributed by atoms with van der Waals surface area (Å²) < 4.78 is 12.8. The Morgan fingerprint density at radius 2 is 1.04 bits per heavy atom. The van der Waals surface area contributed by atoms with Gasteiger partial charge < -0.3 is 8.83 Å². The molecule has 1 aliphatic rings. The Kier molecular flexibility index (Phi) is 5.82. The number of hydrogen-bond donors (Lipinski definition) is 0. The summed E-state index contributed by atoms with van der Waals surface area (Å²) in [6.07, 6.45) is 6.75. The molecule has 2 aromatic heterocycles. The van der Waals surface area contributed by atoms with Gasteiger partial charge in [0.25, 0.3) is 0 Å². The third-order valence-electron chi connectivity index (χ3n) is 10.7. The molecule has 0 aliphatic heterocycles. The highest BCUT2D eigenvalue weighted by Crippen LogP contribution is 2.46. The van der Waals surface area contributed by atoms with Gasteiger partial charge in [-0.3, -0.25) is 0 Å². The minimum Gasteiger partial charge on any atom is -0.452 e. The van der Waals surface area contributed by atoms with Crippen LogP contribution in [0.15, 0.2) is 161 Å². The summed E-state index contributed by atoms with van der Waals surface area (Å²) in [7, 11) is 0. The van der Waals surface area contributed by atoms with Crippen molar-refractivity contribution in [1.29, 1.82) is 0 Å². The average molecular weight is 639 g/mol. The summed E-state index contributed by atoms with van der Waals surface area (Å²) in [5.41, 5.74) is 13.7. The maximum atomic E-state index is 6.46. The number of para-hydroxylation sites is 1. The van der Waals surface area contributed by atoms with Gasteiger partial charge in [0.15, 0.2) is 11.2 Å². The van der Waals surface area contributed by atoms with Gasteiger partial charge in [-0.1, -0.05) is 115 Å². The number of furan rings is 2. The fourth-order valence-electron chi connectivity index (χ4n) is 8.42. The molecule has 2 heterocycles.